The van der Waals surface area contributed by atoms with Crippen molar-refractivity contribution in [1.29, 1.82) is 0 Å². The van der Waals surface area contributed by atoms with Gasteiger partial charge in [-0.25, -0.2) is 4.90 Å². The predicted octanol–water partition coefficient (Wildman–Crippen LogP) is 0.538. The summed E-state index contributed by atoms with van der Waals surface area (Å²) in [6, 6.07) is 0. The Balaban J connectivity index is 2.86. The molecule has 0 aromatic rings. The number of hydrogen-bond donors (Lipinski definition) is 0. The minimum atomic E-state index is -0.435. The summed E-state index contributed by atoms with van der Waals surface area (Å²) in [5.74, 6) is -0.0446. The highest BCUT2D eigenvalue weighted by Gasteiger charge is 2.38. The normalized spacial score (nSPS) is 22.1. The predicted molar refractivity (Wildman–Crippen MR) is 48.7 cm³/mol. The minimum Gasteiger partial charge on any atom is -0.390 e. The molecular weight excluding hydrogens is 172 g/mol. The molecule has 1 unspecified atom stereocenters. The fourth-order valence-corrected chi connectivity index (χ4v) is 1.47. The van der Waals surface area contributed by atoms with Crippen molar-refractivity contribution in [2.45, 2.75) is 26.9 Å². The summed E-state index contributed by atoms with van der Waals surface area (Å²) in [5.41, 5.74) is 0. The Kier molecular flexibility index (Phi) is 2.69. The number of guanidine groups is 1. The highest BCUT2D eigenvalue weighted by atomic mass is 16.6. The van der Waals surface area contributed by atoms with E-state index in [4.69, 9.17) is 0 Å². The van der Waals surface area contributed by atoms with Crippen molar-refractivity contribution in [2.24, 2.45) is 5.10 Å². The van der Waals surface area contributed by atoms with Gasteiger partial charge >= 0.3 is 5.96 Å². The second-order valence-electron chi connectivity index (χ2n) is 2.83. The van der Waals surface area contributed by atoms with Gasteiger partial charge in [-0.05, 0) is 25.7 Å². The van der Waals surface area contributed by atoms with Gasteiger partial charge in [0.15, 0.2) is 6.17 Å². The quantitative estimate of drug-likeness (QED) is 0.466. The van der Waals surface area contributed by atoms with E-state index in [0.29, 0.717) is 13.1 Å². The lowest BCUT2D eigenvalue weighted by Crippen LogP contribution is -2.41. The fraction of sp³-hybridized carbons (Fsp3) is 0.857. The Labute approximate surface area is 77.0 Å². The molecule has 0 N–H and O–H groups in total. The first-order chi connectivity index (χ1) is 6.11. The molecule has 0 bridgehead atoms. The van der Waals surface area contributed by atoms with E-state index in [1.165, 1.54) is 0 Å². The van der Waals surface area contributed by atoms with E-state index in [-0.39, 0.29) is 12.1 Å². The zero-order chi connectivity index (χ0) is 10.0. The van der Waals surface area contributed by atoms with Gasteiger partial charge in [0, 0.05) is 5.10 Å². The molecule has 0 aromatic carbocycles. The van der Waals surface area contributed by atoms with Crippen molar-refractivity contribution >= 4 is 5.96 Å². The summed E-state index contributed by atoms with van der Waals surface area (Å²) in [4.78, 5) is 11.8. The maximum absolute atomic E-state index is 10.6. The lowest BCUT2D eigenvalue weighted by molar-refractivity contribution is -0.363. The Morgan fingerprint density at radius 3 is 2.46 bits per heavy atom. The number of rotatable bonds is 2. The molecule has 6 nitrogen and oxygen atoms in total. The molecule has 0 spiro atoms. The molecule has 0 radical (unpaired) electrons. The number of hydrogen-bond acceptors (Lipinski definition) is 5. The Hall–Kier alpha value is -1.33. The van der Waals surface area contributed by atoms with Crippen LogP contribution in [-0.2, 0) is 0 Å². The van der Waals surface area contributed by atoms with E-state index in [1.807, 2.05) is 20.8 Å². The van der Waals surface area contributed by atoms with Crippen LogP contribution in [0, 0.1) is 10.1 Å². The van der Waals surface area contributed by atoms with Crippen LogP contribution in [0.1, 0.15) is 20.8 Å². The van der Waals surface area contributed by atoms with E-state index < -0.39 is 4.92 Å². The summed E-state index contributed by atoms with van der Waals surface area (Å²) in [6.45, 7) is 7.02. The third-order valence-electron chi connectivity index (χ3n) is 2.19. The van der Waals surface area contributed by atoms with Gasteiger partial charge in [-0.2, -0.15) is 5.01 Å². The SMILES string of the molecule is CCN1N=C([N+](=O)[O-])N(CC)C1C. The minimum absolute atomic E-state index is 0.00426. The molecule has 1 rings (SSSR count). The molecule has 0 saturated carbocycles. The molecule has 0 aliphatic carbocycles. The van der Waals surface area contributed by atoms with Crippen LogP contribution >= 0.6 is 0 Å². The molecule has 0 amide bonds. The van der Waals surface area contributed by atoms with E-state index in [2.05, 4.69) is 5.10 Å². The first-order valence-corrected chi connectivity index (χ1v) is 4.38. The summed E-state index contributed by atoms with van der Waals surface area (Å²) < 4.78 is 0. The third kappa shape index (κ3) is 1.56. The van der Waals surface area contributed by atoms with Gasteiger partial charge in [0.2, 0.25) is 0 Å². The lowest BCUT2D eigenvalue weighted by Gasteiger charge is -2.19. The standard InChI is InChI=1S/C7H14N4O2/c1-4-9-6(3)10(5-2)8-7(9)11(12)13/h6H,4-5H2,1-3H3. The van der Waals surface area contributed by atoms with Crippen molar-refractivity contribution in [3.8, 4) is 0 Å². The van der Waals surface area contributed by atoms with Gasteiger partial charge in [0.05, 0.1) is 13.1 Å². The van der Waals surface area contributed by atoms with E-state index in [1.54, 1.807) is 9.91 Å². The van der Waals surface area contributed by atoms with Crippen molar-refractivity contribution in [2.75, 3.05) is 13.1 Å². The zero-order valence-electron chi connectivity index (χ0n) is 8.10. The maximum Gasteiger partial charge on any atom is 0.452 e. The van der Waals surface area contributed by atoms with Crippen LogP contribution in [0.15, 0.2) is 5.10 Å². The van der Waals surface area contributed by atoms with Crippen molar-refractivity contribution in [1.82, 2.24) is 9.91 Å². The summed E-state index contributed by atoms with van der Waals surface area (Å²) in [7, 11) is 0. The molecule has 1 atom stereocenters. The van der Waals surface area contributed by atoms with Crippen LogP contribution in [0.3, 0.4) is 0 Å². The van der Waals surface area contributed by atoms with E-state index in [9.17, 15) is 10.1 Å². The molecule has 1 aliphatic heterocycles. The average Bonchev–Trinajstić information content (AvgIpc) is 2.42. The highest BCUT2D eigenvalue weighted by Crippen LogP contribution is 2.15. The van der Waals surface area contributed by atoms with Gasteiger partial charge in [-0.3, -0.25) is 0 Å². The fourth-order valence-electron chi connectivity index (χ4n) is 1.47. The van der Waals surface area contributed by atoms with E-state index >= 15 is 0 Å². The number of hydrazone groups is 1. The number of nitro groups is 1. The summed E-state index contributed by atoms with van der Waals surface area (Å²) in [6.07, 6.45) is -0.00426. The molecule has 0 aromatic heterocycles. The zero-order valence-corrected chi connectivity index (χ0v) is 8.10. The first kappa shape index (κ1) is 9.76. The molecule has 0 fully saturated rings. The van der Waals surface area contributed by atoms with Crippen molar-refractivity contribution in [3.63, 3.8) is 0 Å². The molecule has 74 valence electrons. The molecule has 1 aliphatic rings. The van der Waals surface area contributed by atoms with Gasteiger partial charge in [0.1, 0.15) is 0 Å². The average molecular weight is 186 g/mol. The smallest absolute Gasteiger partial charge is 0.390 e. The largest absolute Gasteiger partial charge is 0.452 e. The second kappa shape index (κ2) is 3.59. The summed E-state index contributed by atoms with van der Waals surface area (Å²) >= 11 is 0. The van der Waals surface area contributed by atoms with E-state index in [0.717, 1.165) is 0 Å². The Morgan fingerprint density at radius 2 is 2.15 bits per heavy atom. The van der Waals surface area contributed by atoms with Crippen molar-refractivity contribution in [3.05, 3.63) is 10.1 Å². The molecule has 1 heterocycles. The molecule has 6 heteroatoms. The third-order valence-corrected chi connectivity index (χ3v) is 2.19. The number of nitrogens with zero attached hydrogens (tertiary/aromatic N) is 4. The van der Waals surface area contributed by atoms with Crippen LogP contribution in [0.25, 0.3) is 0 Å². The Bertz CT molecular complexity index is 241. The topological polar surface area (TPSA) is 62.0 Å². The lowest BCUT2D eigenvalue weighted by atomic mass is 10.4. The maximum atomic E-state index is 10.6. The highest BCUT2D eigenvalue weighted by molar-refractivity contribution is 5.73. The van der Waals surface area contributed by atoms with Gasteiger partial charge in [-0.15, -0.1) is 0 Å². The molecule has 0 saturated heterocycles. The van der Waals surface area contributed by atoms with Gasteiger partial charge in [0.25, 0.3) is 0 Å². The first-order valence-electron chi connectivity index (χ1n) is 4.38. The van der Waals surface area contributed by atoms with Crippen LogP contribution < -0.4 is 0 Å². The van der Waals surface area contributed by atoms with Gasteiger partial charge in [-0.1, -0.05) is 0 Å². The monoisotopic (exact) mass is 186 g/mol. The van der Waals surface area contributed by atoms with Crippen LogP contribution in [0.4, 0.5) is 0 Å². The van der Waals surface area contributed by atoms with Gasteiger partial charge < -0.3 is 10.1 Å². The van der Waals surface area contributed by atoms with Crippen LogP contribution in [0.5, 0.6) is 0 Å². The molecular formula is C7H14N4O2. The summed E-state index contributed by atoms with van der Waals surface area (Å²) in [5, 5.41) is 16.2. The second-order valence-corrected chi connectivity index (χ2v) is 2.83. The molecule has 13 heavy (non-hydrogen) atoms. The van der Waals surface area contributed by atoms with Crippen LogP contribution in [-0.4, -0.2) is 40.0 Å². The van der Waals surface area contributed by atoms with Crippen molar-refractivity contribution < 1.29 is 4.92 Å². The van der Waals surface area contributed by atoms with Crippen LogP contribution in [0.2, 0.25) is 0 Å². The Morgan fingerprint density at radius 1 is 1.54 bits per heavy atom.